The molecule has 0 unspecified atom stereocenters. The molecule has 0 radical (unpaired) electrons. The highest BCUT2D eigenvalue weighted by molar-refractivity contribution is 5.76. The predicted octanol–water partition coefficient (Wildman–Crippen LogP) is 1.12. The van der Waals surface area contributed by atoms with E-state index in [-0.39, 0.29) is 12.5 Å². The number of tetrazole rings is 1. The average Bonchev–Trinajstić information content (AvgIpc) is 3.37. The van der Waals surface area contributed by atoms with Crippen LogP contribution >= 0.6 is 0 Å². The summed E-state index contributed by atoms with van der Waals surface area (Å²) < 4.78 is 12.5. The number of amides is 1. The van der Waals surface area contributed by atoms with Crippen LogP contribution in [0.4, 0.5) is 0 Å². The lowest BCUT2D eigenvalue weighted by Crippen LogP contribution is -2.49. The molecule has 3 aliphatic heterocycles. The van der Waals surface area contributed by atoms with Crippen LogP contribution in [0.5, 0.6) is 11.5 Å². The van der Waals surface area contributed by atoms with Crippen molar-refractivity contribution in [3.8, 4) is 11.5 Å². The van der Waals surface area contributed by atoms with Gasteiger partial charge in [-0.3, -0.25) is 14.6 Å². The van der Waals surface area contributed by atoms with Gasteiger partial charge < -0.3 is 14.4 Å². The topological polar surface area (TPSA) is 88.9 Å². The molecule has 0 bridgehead atoms. The highest BCUT2D eigenvalue weighted by atomic mass is 16.7. The first-order chi connectivity index (χ1) is 15.7. The van der Waals surface area contributed by atoms with Gasteiger partial charge in [-0.05, 0) is 54.1 Å². The molecular formula is C22H31N7O3. The van der Waals surface area contributed by atoms with Crippen LogP contribution in [0.2, 0.25) is 0 Å². The summed E-state index contributed by atoms with van der Waals surface area (Å²) in [5.74, 6) is 2.48. The molecule has 0 aliphatic carbocycles. The largest absolute Gasteiger partial charge is 0.454 e. The third-order valence-electron chi connectivity index (χ3n) is 6.52. The van der Waals surface area contributed by atoms with E-state index in [0.717, 1.165) is 50.0 Å². The Bertz CT molecular complexity index is 918. The minimum atomic E-state index is 0.0807. The monoisotopic (exact) mass is 441 g/mol. The molecule has 32 heavy (non-hydrogen) atoms. The molecule has 1 aromatic heterocycles. The molecule has 4 heterocycles. The maximum atomic E-state index is 12.9. The van der Waals surface area contributed by atoms with Crippen LogP contribution < -0.4 is 9.47 Å². The molecule has 172 valence electrons. The molecule has 1 aromatic carbocycles. The number of carbonyl (C=O) groups excluding carboxylic acids is 1. The molecule has 5 rings (SSSR count). The SMILES string of the molecule is O=C(Cn1nnnc1CN1CCCCCC1)N1CCN(Cc2ccc3c(c2)OCO3)CC1. The Morgan fingerprint density at radius 2 is 1.62 bits per heavy atom. The quantitative estimate of drug-likeness (QED) is 0.659. The summed E-state index contributed by atoms with van der Waals surface area (Å²) in [7, 11) is 0. The Hall–Kier alpha value is -2.72. The summed E-state index contributed by atoms with van der Waals surface area (Å²) in [5.41, 5.74) is 1.20. The molecule has 10 nitrogen and oxygen atoms in total. The summed E-state index contributed by atoms with van der Waals surface area (Å²) in [6.07, 6.45) is 5.02. The fraction of sp³-hybridized carbons (Fsp3) is 0.636. The van der Waals surface area contributed by atoms with Gasteiger partial charge in [0.15, 0.2) is 17.3 Å². The number of nitrogens with zero attached hydrogens (tertiary/aromatic N) is 7. The highest BCUT2D eigenvalue weighted by Crippen LogP contribution is 2.32. The standard InChI is InChI=1S/C22H31N7O3/c30-22(16-29-21(23-24-25-29)15-26-7-3-1-2-4-8-26)28-11-9-27(10-12-28)14-18-5-6-19-20(13-18)32-17-31-19/h5-6,13H,1-4,7-12,14-17H2. The van der Waals surface area contributed by atoms with Crippen molar-refractivity contribution in [2.75, 3.05) is 46.1 Å². The highest BCUT2D eigenvalue weighted by Gasteiger charge is 2.24. The lowest BCUT2D eigenvalue weighted by atomic mass is 10.1. The van der Waals surface area contributed by atoms with E-state index in [4.69, 9.17) is 9.47 Å². The van der Waals surface area contributed by atoms with Crippen LogP contribution in [0.1, 0.15) is 37.1 Å². The number of carbonyl (C=O) groups is 1. The van der Waals surface area contributed by atoms with Crippen LogP contribution in [-0.2, 0) is 24.4 Å². The van der Waals surface area contributed by atoms with Gasteiger partial charge >= 0.3 is 0 Å². The van der Waals surface area contributed by atoms with E-state index in [0.29, 0.717) is 26.4 Å². The van der Waals surface area contributed by atoms with E-state index in [2.05, 4.69) is 31.4 Å². The zero-order chi connectivity index (χ0) is 21.8. The number of aromatic nitrogens is 4. The third kappa shape index (κ3) is 5.02. The number of rotatable bonds is 6. The normalized spacial score (nSPS) is 19.8. The van der Waals surface area contributed by atoms with Crippen molar-refractivity contribution < 1.29 is 14.3 Å². The van der Waals surface area contributed by atoms with E-state index in [1.165, 1.54) is 31.2 Å². The van der Waals surface area contributed by atoms with E-state index >= 15 is 0 Å². The van der Waals surface area contributed by atoms with Gasteiger partial charge in [-0.15, -0.1) is 5.10 Å². The molecule has 3 aliphatic rings. The van der Waals surface area contributed by atoms with Crippen LogP contribution in [0.25, 0.3) is 0 Å². The van der Waals surface area contributed by atoms with Crippen LogP contribution in [0, 0.1) is 0 Å². The number of hydrogen-bond donors (Lipinski definition) is 0. The Balaban J connectivity index is 1.11. The second-order valence-electron chi connectivity index (χ2n) is 8.79. The first-order valence-corrected chi connectivity index (χ1v) is 11.6. The Morgan fingerprint density at radius 1 is 0.875 bits per heavy atom. The van der Waals surface area contributed by atoms with Crippen molar-refractivity contribution in [3.05, 3.63) is 29.6 Å². The molecule has 2 aromatic rings. The lowest BCUT2D eigenvalue weighted by Gasteiger charge is -2.34. The van der Waals surface area contributed by atoms with E-state index in [1.807, 2.05) is 17.0 Å². The Kier molecular flexibility index (Phi) is 6.49. The van der Waals surface area contributed by atoms with Gasteiger partial charge in [0, 0.05) is 32.7 Å². The first kappa shape index (κ1) is 21.1. The van der Waals surface area contributed by atoms with E-state index < -0.39 is 0 Å². The van der Waals surface area contributed by atoms with Gasteiger partial charge in [0.05, 0.1) is 6.54 Å². The fourth-order valence-electron chi connectivity index (χ4n) is 4.63. The van der Waals surface area contributed by atoms with Crippen molar-refractivity contribution in [2.24, 2.45) is 0 Å². The van der Waals surface area contributed by atoms with Gasteiger partial charge in [0.1, 0.15) is 6.54 Å². The van der Waals surface area contributed by atoms with Crippen molar-refractivity contribution in [1.82, 2.24) is 34.9 Å². The summed E-state index contributed by atoms with van der Waals surface area (Å²) >= 11 is 0. The van der Waals surface area contributed by atoms with Crippen LogP contribution in [0.3, 0.4) is 0 Å². The van der Waals surface area contributed by atoms with Crippen LogP contribution in [0.15, 0.2) is 18.2 Å². The predicted molar refractivity (Wildman–Crippen MR) is 116 cm³/mol. The van der Waals surface area contributed by atoms with Crippen LogP contribution in [-0.4, -0.2) is 86.9 Å². The molecule has 2 fully saturated rings. The summed E-state index contributed by atoms with van der Waals surface area (Å²) in [6.45, 7) is 7.32. The number of fused-ring (bicyclic) bond motifs is 1. The smallest absolute Gasteiger partial charge is 0.244 e. The summed E-state index contributed by atoms with van der Waals surface area (Å²) in [5, 5.41) is 12.1. The molecule has 0 atom stereocenters. The minimum absolute atomic E-state index is 0.0807. The number of benzene rings is 1. The second kappa shape index (κ2) is 9.83. The number of likely N-dealkylation sites (tertiary alicyclic amines) is 1. The summed E-state index contributed by atoms with van der Waals surface area (Å²) in [4.78, 5) is 19.6. The lowest BCUT2D eigenvalue weighted by molar-refractivity contribution is -0.134. The maximum Gasteiger partial charge on any atom is 0.244 e. The van der Waals surface area contributed by atoms with Crippen molar-refractivity contribution in [1.29, 1.82) is 0 Å². The van der Waals surface area contributed by atoms with Crippen molar-refractivity contribution >= 4 is 5.91 Å². The molecule has 10 heteroatoms. The number of ether oxygens (including phenoxy) is 2. The molecular weight excluding hydrogens is 410 g/mol. The van der Waals surface area contributed by atoms with Gasteiger partial charge in [-0.25, -0.2) is 4.68 Å². The first-order valence-electron chi connectivity index (χ1n) is 11.6. The fourth-order valence-corrected chi connectivity index (χ4v) is 4.63. The number of hydrogen-bond acceptors (Lipinski definition) is 8. The third-order valence-corrected chi connectivity index (χ3v) is 6.52. The zero-order valence-electron chi connectivity index (χ0n) is 18.5. The van der Waals surface area contributed by atoms with Crippen molar-refractivity contribution in [3.63, 3.8) is 0 Å². The Labute approximate surface area is 188 Å². The molecule has 0 N–H and O–H groups in total. The van der Waals surface area contributed by atoms with Gasteiger partial charge in [-0.1, -0.05) is 18.9 Å². The maximum absolute atomic E-state index is 12.9. The summed E-state index contributed by atoms with van der Waals surface area (Å²) in [6, 6.07) is 6.09. The Morgan fingerprint density at radius 3 is 2.44 bits per heavy atom. The number of piperazine rings is 1. The molecule has 0 saturated carbocycles. The van der Waals surface area contributed by atoms with Crippen molar-refractivity contribution in [2.45, 2.75) is 45.3 Å². The van der Waals surface area contributed by atoms with Gasteiger partial charge in [0.25, 0.3) is 0 Å². The molecule has 1 amide bonds. The minimum Gasteiger partial charge on any atom is -0.454 e. The van der Waals surface area contributed by atoms with E-state index in [1.54, 1.807) is 4.68 Å². The van der Waals surface area contributed by atoms with Gasteiger partial charge in [-0.2, -0.15) is 0 Å². The van der Waals surface area contributed by atoms with E-state index in [9.17, 15) is 4.79 Å². The zero-order valence-corrected chi connectivity index (χ0v) is 18.5. The second-order valence-corrected chi connectivity index (χ2v) is 8.79. The van der Waals surface area contributed by atoms with Gasteiger partial charge in [0.2, 0.25) is 12.7 Å². The molecule has 2 saturated heterocycles. The average molecular weight is 442 g/mol. The molecule has 0 spiro atoms.